The molecule has 5 atom stereocenters. The van der Waals surface area contributed by atoms with Gasteiger partial charge < -0.3 is 44.1 Å². The van der Waals surface area contributed by atoms with Crippen molar-refractivity contribution in [2.45, 2.75) is 126 Å². The third-order valence-corrected chi connectivity index (χ3v) is 13.6. The largest absolute Gasteiger partial charge is 0.490 e. The van der Waals surface area contributed by atoms with Crippen molar-refractivity contribution >= 4 is 46.0 Å². The van der Waals surface area contributed by atoms with E-state index in [4.69, 9.17) is 23.7 Å². The highest BCUT2D eigenvalue weighted by Crippen LogP contribution is 2.46. The molecule has 340 valence electrons. The van der Waals surface area contributed by atoms with Crippen molar-refractivity contribution in [3.05, 3.63) is 41.5 Å². The molecule has 4 fully saturated rings. The highest BCUT2D eigenvalue weighted by Gasteiger charge is 2.62. The number of carbonyl (C=O) groups excluding carboxylic acids is 6. The fourth-order valence-electron chi connectivity index (χ4n) is 8.23. The van der Waals surface area contributed by atoms with Crippen LogP contribution in [0.2, 0.25) is 0 Å². The Balaban J connectivity index is 1.03. The third kappa shape index (κ3) is 11.1. The van der Waals surface area contributed by atoms with Crippen LogP contribution in [0.15, 0.2) is 30.4 Å². The summed E-state index contributed by atoms with van der Waals surface area (Å²) in [7, 11) is -3.94. The number of nitrogens with zero attached hydrogens (tertiary/aromatic N) is 3. The minimum atomic E-state index is -3.94. The number of alkyl carbamates (subject to hydrolysis) is 1. The maximum atomic E-state index is 14.5. The number of amides is 6. The molecule has 7 rings (SSSR count). The maximum Gasteiger partial charge on any atom is 0.410 e. The number of hydrogen-bond donors (Lipinski definition) is 3. The van der Waals surface area contributed by atoms with Crippen molar-refractivity contribution in [3.63, 3.8) is 0 Å². The number of rotatable bonds is 9. The van der Waals surface area contributed by atoms with Crippen LogP contribution < -0.4 is 20.1 Å². The zero-order valence-electron chi connectivity index (χ0n) is 35.6. The summed E-state index contributed by atoms with van der Waals surface area (Å²) in [4.78, 5) is 85.9. The second-order valence-electron chi connectivity index (χ2n) is 17.8. The number of sulfonamides is 1. The normalized spacial score (nSPS) is 27.2. The van der Waals surface area contributed by atoms with Gasteiger partial charge in [-0.05, 0) is 82.6 Å². The first-order valence-corrected chi connectivity index (χ1v) is 23.1. The second-order valence-corrected chi connectivity index (χ2v) is 19.8. The van der Waals surface area contributed by atoms with E-state index < -0.39 is 86.5 Å². The molecule has 19 nitrogen and oxygen atoms in total. The molecule has 2 saturated carbocycles. The van der Waals surface area contributed by atoms with Crippen LogP contribution in [-0.4, -0.2) is 140 Å². The number of fused-ring (bicyclic) bond motifs is 3. The summed E-state index contributed by atoms with van der Waals surface area (Å²) in [6.07, 6.45) is 4.79. The smallest absolute Gasteiger partial charge is 0.410 e. The molecular weight excluding hydrogens is 829 g/mol. The van der Waals surface area contributed by atoms with Crippen LogP contribution in [0.5, 0.6) is 5.75 Å². The quantitative estimate of drug-likeness (QED) is 0.184. The van der Waals surface area contributed by atoms with Gasteiger partial charge in [0.25, 0.3) is 5.91 Å². The van der Waals surface area contributed by atoms with Crippen LogP contribution in [0.4, 0.5) is 14.4 Å². The van der Waals surface area contributed by atoms with Crippen LogP contribution in [0, 0.1) is 5.92 Å². The molecule has 0 radical (unpaired) electrons. The van der Waals surface area contributed by atoms with Gasteiger partial charge in [-0.25, -0.2) is 22.8 Å². The molecular formula is C42H58N6O13S. The van der Waals surface area contributed by atoms with Crippen molar-refractivity contribution in [2.75, 3.05) is 46.1 Å². The molecule has 1 aromatic rings. The highest BCUT2D eigenvalue weighted by atomic mass is 32.2. The molecule has 2 aliphatic carbocycles. The lowest BCUT2D eigenvalue weighted by Crippen LogP contribution is -2.58. The van der Waals surface area contributed by atoms with Crippen LogP contribution in [-0.2, 0) is 56.4 Å². The van der Waals surface area contributed by atoms with E-state index in [-0.39, 0.29) is 52.1 Å². The fourth-order valence-corrected chi connectivity index (χ4v) is 9.59. The number of nitrogens with one attached hydrogen (secondary N) is 3. The van der Waals surface area contributed by atoms with Crippen molar-refractivity contribution in [1.29, 1.82) is 0 Å². The van der Waals surface area contributed by atoms with E-state index in [1.54, 1.807) is 31.7 Å². The Labute approximate surface area is 361 Å². The Bertz CT molecular complexity index is 2030. The number of hydrogen-bond acceptors (Lipinski definition) is 13. The summed E-state index contributed by atoms with van der Waals surface area (Å²) in [6.45, 7) is 7.43. The molecule has 1 aromatic carbocycles. The standard InChI is InChI=1S/C42H58N6O13S/c1-41(2,3)61-38(52)43-33-10-8-6-4-5-7-9-29-23-42(29,37(51)45-62(55,56)32-13-14-32)44-35(49)34-22-31(26-48(34)36(33)50)60-40(54)47-24-27-11-12-30(21-28(27)25-47)58-19-20-59-39(53)46-15-17-57-18-16-46/h7,9,11-12,21,29,31-34H,4-6,8,10,13-20,22-26H2,1-3H3,(H,43,52)(H,44,49)(H,45,51)/b9-7-/t29-,31+,33-,34?,42+/m0/s1. The zero-order valence-corrected chi connectivity index (χ0v) is 36.4. The maximum absolute atomic E-state index is 14.5. The van der Waals surface area contributed by atoms with Gasteiger partial charge in [-0.2, -0.15) is 0 Å². The minimum Gasteiger partial charge on any atom is -0.490 e. The Morgan fingerprint density at radius 3 is 2.45 bits per heavy atom. The predicted molar refractivity (Wildman–Crippen MR) is 220 cm³/mol. The lowest BCUT2D eigenvalue weighted by atomic mass is 10.0. The first-order valence-electron chi connectivity index (χ1n) is 21.6. The van der Waals surface area contributed by atoms with Gasteiger partial charge in [0, 0.05) is 38.5 Å². The molecule has 1 unspecified atom stereocenters. The SMILES string of the molecule is CC(C)(C)OC(=O)N[C@H]1CCCCC/C=C\[C@H]2C[C@@]2(C(=O)NS(=O)(=O)C2CC2)NC(=O)C2C[C@@H](OC(=O)N3Cc4ccc(OCCOC(=O)N5CCOCC5)cc4C3)CN2C1=O. The number of carbonyl (C=O) groups is 6. The summed E-state index contributed by atoms with van der Waals surface area (Å²) in [5.41, 5.74) is -0.709. The summed E-state index contributed by atoms with van der Waals surface area (Å²) < 4.78 is 55.8. The molecule has 62 heavy (non-hydrogen) atoms. The Morgan fingerprint density at radius 2 is 1.71 bits per heavy atom. The molecule has 6 amide bonds. The molecule has 4 heterocycles. The van der Waals surface area contributed by atoms with E-state index in [0.717, 1.165) is 24.0 Å². The molecule has 4 aliphatic heterocycles. The third-order valence-electron chi connectivity index (χ3n) is 11.8. The minimum absolute atomic E-state index is 0.0532. The van der Waals surface area contributed by atoms with Crippen LogP contribution in [0.25, 0.3) is 0 Å². The lowest BCUT2D eigenvalue weighted by molar-refractivity contribution is -0.141. The molecule has 0 spiro atoms. The van der Waals surface area contributed by atoms with E-state index in [2.05, 4.69) is 15.4 Å². The van der Waals surface area contributed by atoms with Gasteiger partial charge in [0.2, 0.25) is 21.8 Å². The Hall–Kier alpha value is -5.11. The van der Waals surface area contributed by atoms with Crippen LogP contribution in [0.1, 0.15) is 89.7 Å². The summed E-state index contributed by atoms with van der Waals surface area (Å²) >= 11 is 0. The molecule has 6 aliphatic rings. The molecule has 0 bridgehead atoms. The topological polar surface area (TPSA) is 229 Å². The van der Waals surface area contributed by atoms with Crippen molar-refractivity contribution < 1.29 is 60.9 Å². The second kappa shape index (κ2) is 18.7. The number of ether oxygens (including phenoxy) is 5. The molecule has 3 N–H and O–H groups in total. The Morgan fingerprint density at radius 1 is 0.952 bits per heavy atom. The average Bonchev–Trinajstić information content (AvgIpc) is 4.11. The Kier molecular flexibility index (Phi) is 13.6. The van der Waals surface area contributed by atoms with E-state index >= 15 is 0 Å². The van der Waals surface area contributed by atoms with Gasteiger partial charge in [0.05, 0.1) is 25.0 Å². The fraction of sp³-hybridized carbons (Fsp3) is 0.667. The highest BCUT2D eigenvalue weighted by molar-refractivity contribution is 7.91. The zero-order chi connectivity index (χ0) is 44.2. The van der Waals surface area contributed by atoms with Gasteiger partial charge >= 0.3 is 18.3 Å². The van der Waals surface area contributed by atoms with E-state index in [1.807, 2.05) is 24.3 Å². The first-order chi connectivity index (χ1) is 29.5. The summed E-state index contributed by atoms with van der Waals surface area (Å²) in [6, 6.07) is 3.10. The molecule has 20 heteroatoms. The lowest BCUT2D eigenvalue weighted by Gasteiger charge is -2.30. The van der Waals surface area contributed by atoms with E-state index in [1.165, 1.54) is 9.80 Å². The van der Waals surface area contributed by atoms with Crippen LogP contribution >= 0.6 is 0 Å². The van der Waals surface area contributed by atoms with Gasteiger partial charge in [-0.1, -0.05) is 31.1 Å². The van der Waals surface area contributed by atoms with E-state index in [0.29, 0.717) is 57.7 Å². The summed E-state index contributed by atoms with van der Waals surface area (Å²) in [5.74, 6) is -2.08. The number of benzene rings is 1. The van der Waals surface area contributed by atoms with Crippen molar-refractivity contribution in [2.24, 2.45) is 5.92 Å². The van der Waals surface area contributed by atoms with Gasteiger partial charge in [0.1, 0.15) is 48.3 Å². The first kappa shape index (κ1) is 44.9. The molecule has 0 aromatic heterocycles. The van der Waals surface area contributed by atoms with Gasteiger partial charge in [-0.15, -0.1) is 0 Å². The number of allylic oxidation sites excluding steroid dienone is 1. The predicted octanol–water partition coefficient (Wildman–Crippen LogP) is 2.85. The van der Waals surface area contributed by atoms with Crippen molar-refractivity contribution in [3.8, 4) is 5.75 Å². The van der Waals surface area contributed by atoms with E-state index in [9.17, 15) is 37.2 Å². The monoisotopic (exact) mass is 886 g/mol. The number of morpholine rings is 1. The van der Waals surface area contributed by atoms with Gasteiger partial charge in [0.15, 0.2) is 0 Å². The van der Waals surface area contributed by atoms with Crippen LogP contribution in [0.3, 0.4) is 0 Å². The molecule has 2 saturated heterocycles. The summed E-state index contributed by atoms with van der Waals surface area (Å²) in [5, 5.41) is 4.85. The average molecular weight is 887 g/mol. The van der Waals surface area contributed by atoms with Crippen molar-refractivity contribution in [1.82, 2.24) is 30.1 Å². The van der Waals surface area contributed by atoms with Gasteiger partial charge in [-0.3, -0.25) is 24.0 Å².